The van der Waals surface area contributed by atoms with Crippen LogP contribution in [0.4, 0.5) is 0 Å². The molecule has 21 heteroatoms. The molecule has 0 aromatic carbocycles. The number of hydrogen-bond donors (Lipinski definition) is 2. The molecule has 0 amide bonds. The molecule has 0 unspecified atom stereocenters. The summed E-state index contributed by atoms with van der Waals surface area (Å²) < 4.78 is 0. The summed E-state index contributed by atoms with van der Waals surface area (Å²) in [5.41, 5.74) is 6.19. The van der Waals surface area contributed by atoms with Crippen LogP contribution in [0.25, 0.3) is 0 Å². The molecule has 0 heterocycles. The maximum Gasteiger partial charge on any atom is 0 e. The van der Waals surface area contributed by atoms with Gasteiger partial charge in [-0.15, -0.1) is 0 Å². The van der Waals surface area contributed by atoms with E-state index in [9.17, 15) is 0 Å². The second-order valence-corrected chi connectivity index (χ2v) is 1.74. The van der Waals surface area contributed by atoms with E-state index >= 15 is 0 Å². The fraction of sp³-hybridized carbons (Fsp3) is 0. The van der Waals surface area contributed by atoms with Gasteiger partial charge >= 0.3 is 0 Å². The number of nitrogens with two attached hydrogens (primary N) is 1. The van der Waals surface area contributed by atoms with Crippen LogP contribution in [0.3, 0.4) is 0 Å². The quantitative estimate of drug-likeness (QED) is 0.361. The first-order valence-corrected chi connectivity index (χ1v) is 4.08. The SMILES string of the molecule is N=N/N=N/N=N/N=N/N=N/N=N/N=N/N=N/N=N/N=N/N. The molecule has 0 rings (SSSR count). The Kier molecular flexibility index (Phi) is 12.6. The zero-order chi connectivity index (χ0) is 15.4. The Labute approximate surface area is 112 Å². The molecular formula is H3N21. The van der Waals surface area contributed by atoms with Gasteiger partial charge in [0.25, 0.3) is 0 Å². The Morgan fingerprint density at radius 2 is 0.619 bits per heavy atom. The highest BCUT2D eigenvalue weighted by atomic mass is 15.7. The van der Waals surface area contributed by atoms with Crippen molar-refractivity contribution < 1.29 is 0 Å². The minimum atomic E-state index is 2.50. The Morgan fingerprint density at radius 1 is 0.381 bits per heavy atom. The van der Waals surface area contributed by atoms with E-state index in [1.807, 2.05) is 0 Å². The van der Waals surface area contributed by atoms with Crippen molar-refractivity contribution in [2.24, 2.45) is 105 Å². The fourth-order valence-corrected chi connectivity index (χ4v) is 0.311. The normalized spacial score (nSPS) is 14.3. The summed E-state index contributed by atoms with van der Waals surface area (Å²) >= 11 is 0. The van der Waals surface area contributed by atoms with Crippen LogP contribution in [-0.2, 0) is 0 Å². The number of hydrogen-bond acceptors (Lipinski definition) is 2. The van der Waals surface area contributed by atoms with Crippen molar-refractivity contribution in [3.63, 3.8) is 0 Å². The molecule has 21 heavy (non-hydrogen) atoms. The zero-order valence-electron chi connectivity index (χ0n) is 9.57. The largest absolute Gasteiger partial charge is 0.303 e. The maximum absolute atomic E-state index is 6.19. The van der Waals surface area contributed by atoms with E-state index < -0.39 is 0 Å². The highest BCUT2D eigenvalue weighted by Gasteiger charge is 1.70. The highest BCUT2D eigenvalue weighted by molar-refractivity contribution is 4.13. The predicted octanol–water partition coefficient (Wildman–Crippen LogP) is 3.20. The summed E-state index contributed by atoms with van der Waals surface area (Å²) in [5, 5.41) is 55.2. The molecule has 108 valence electrons. The van der Waals surface area contributed by atoms with Crippen LogP contribution in [0, 0.1) is 5.53 Å². The fourth-order valence-electron chi connectivity index (χ4n) is 0.311. The first-order chi connectivity index (χ1) is 10.4. The average molecular weight is 297 g/mol. The summed E-state index contributed by atoms with van der Waals surface area (Å²) in [6, 6.07) is 0. The third-order valence-corrected chi connectivity index (χ3v) is 0.736. The van der Waals surface area contributed by atoms with Crippen molar-refractivity contribution in [2.75, 3.05) is 0 Å². The predicted molar refractivity (Wildman–Crippen MR) is 53.0 cm³/mol. The van der Waals surface area contributed by atoms with Gasteiger partial charge in [-0.25, -0.2) is 0 Å². The standard InChI is InChI=1S/H3N21/c1-3-5-7-9-11-13-15-17-19-21-20-18-16-14-12-10-8-6-4-2/h(H3,1,2,5,6,9,10,13,14,17,18,21). The summed E-state index contributed by atoms with van der Waals surface area (Å²) in [7, 11) is 0. The van der Waals surface area contributed by atoms with Gasteiger partial charge in [-0.05, 0) is 78.3 Å². The molecule has 0 radical (unpaired) electrons. The monoisotopic (exact) mass is 297 g/mol. The van der Waals surface area contributed by atoms with Crippen LogP contribution in [-0.4, -0.2) is 0 Å². The average Bonchev–Trinajstić information content (AvgIpc) is 2.50. The lowest BCUT2D eigenvalue weighted by atomic mass is 12.3. The van der Waals surface area contributed by atoms with E-state index in [-0.39, 0.29) is 0 Å². The molecule has 0 atom stereocenters. The first-order valence-electron chi connectivity index (χ1n) is 4.08. The van der Waals surface area contributed by atoms with Gasteiger partial charge in [0, 0.05) is 15.7 Å². The van der Waals surface area contributed by atoms with Crippen LogP contribution in [0.15, 0.2) is 99.2 Å². The van der Waals surface area contributed by atoms with E-state index in [1.54, 1.807) is 0 Å². The summed E-state index contributed by atoms with van der Waals surface area (Å²) in [6.45, 7) is 0. The third-order valence-electron chi connectivity index (χ3n) is 0.736. The van der Waals surface area contributed by atoms with Crippen molar-refractivity contribution in [2.45, 2.75) is 0 Å². The second kappa shape index (κ2) is 15.8. The van der Waals surface area contributed by atoms with Crippen LogP contribution in [0.2, 0.25) is 0 Å². The molecule has 0 bridgehead atoms. The minimum absolute atomic E-state index is 2.50. The molecule has 0 aliphatic carbocycles. The van der Waals surface area contributed by atoms with Gasteiger partial charge in [-0.1, -0.05) is 5.22 Å². The van der Waals surface area contributed by atoms with Crippen molar-refractivity contribution in [3.8, 4) is 0 Å². The molecule has 0 spiro atoms. The van der Waals surface area contributed by atoms with Gasteiger partial charge in [0.2, 0.25) is 0 Å². The number of rotatable bonds is 9. The molecule has 21 nitrogen and oxygen atoms in total. The smallest absolute Gasteiger partial charge is 0 e. The van der Waals surface area contributed by atoms with E-state index in [0.29, 0.717) is 0 Å². The van der Waals surface area contributed by atoms with Crippen LogP contribution in [0.5, 0.6) is 0 Å². The molecule has 0 saturated carbocycles. The van der Waals surface area contributed by atoms with Crippen LogP contribution < -0.4 is 5.84 Å². The topological polar surface area (TPSA) is 285 Å². The molecule has 0 aromatic heterocycles. The summed E-state index contributed by atoms with van der Waals surface area (Å²) in [4.78, 5) is 0. The Morgan fingerprint density at radius 3 is 0.857 bits per heavy atom. The Hall–Kier alpha value is -4.20. The highest BCUT2D eigenvalue weighted by Crippen LogP contribution is 1.89. The van der Waals surface area contributed by atoms with Crippen LogP contribution >= 0.6 is 0 Å². The lowest BCUT2D eigenvalue weighted by molar-refractivity contribution is 0.736. The lowest BCUT2D eigenvalue weighted by Crippen LogP contribution is -1.70. The third kappa shape index (κ3) is 15.8. The molecular weight excluding hydrogens is 294 g/mol. The number of nitrogens with one attached hydrogen (secondary N) is 1. The van der Waals surface area contributed by atoms with E-state index in [4.69, 9.17) is 5.53 Å². The van der Waals surface area contributed by atoms with Gasteiger partial charge in [0.1, 0.15) is 0 Å². The van der Waals surface area contributed by atoms with E-state index in [1.165, 1.54) is 0 Å². The Bertz CT molecular complexity index is 498. The van der Waals surface area contributed by atoms with Crippen molar-refractivity contribution in [3.05, 3.63) is 0 Å². The summed E-state index contributed by atoms with van der Waals surface area (Å²) in [5.74, 6) is 4.59. The number of nitrogens with zero attached hydrogens (tertiary/aromatic N) is 19. The molecule has 0 aromatic rings. The van der Waals surface area contributed by atoms with Crippen LogP contribution in [0.1, 0.15) is 0 Å². The second-order valence-electron chi connectivity index (χ2n) is 1.74. The maximum atomic E-state index is 6.19. The zero-order valence-corrected chi connectivity index (χ0v) is 9.57. The summed E-state index contributed by atoms with van der Waals surface area (Å²) in [6.07, 6.45) is 0. The van der Waals surface area contributed by atoms with Crippen molar-refractivity contribution in [1.29, 1.82) is 5.53 Å². The van der Waals surface area contributed by atoms with Gasteiger partial charge in [0.15, 0.2) is 0 Å². The van der Waals surface area contributed by atoms with Gasteiger partial charge < -0.3 is 5.84 Å². The van der Waals surface area contributed by atoms with Gasteiger partial charge in [0.05, 0.1) is 0 Å². The van der Waals surface area contributed by atoms with Crippen molar-refractivity contribution >= 4 is 0 Å². The molecule has 0 saturated heterocycles. The van der Waals surface area contributed by atoms with Gasteiger partial charge in [-0.2, -0.15) is 5.53 Å². The molecule has 0 aliphatic rings. The molecule has 3 N–H and O–H groups in total. The molecule has 0 aliphatic heterocycles. The molecule has 0 fully saturated rings. The van der Waals surface area contributed by atoms with Crippen molar-refractivity contribution in [1.82, 2.24) is 0 Å². The minimum Gasteiger partial charge on any atom is -0.303 e. The van der Waals surface area contributed by atoms with Gasteiger partial charge in [-0.3, -0.25) is 0 Å². The lowest BCUT2D eigenvalue weighted by Gasteiger charge is -1.69. The first kappa shape index (κ1) is 16.8. The Balaban J connectivity index is 3.87. The van der Waals surface area contributed by atoms with E-state index in [0.717, 1.165) is 0 Å². The van der Waals surface area contributed by atoms with E-state index in [2.05, 4.69) is 105 Å².